The summed E-state index contributed by atoms with van der Waals surface area (Å²) in [5.41, 5.74) is 0.730. The molecule has 1 aromatic carbocycles. The molecule has 2 aliphatic rings. The van der Waals surface area contributed by atoms with Crippen LogP contribution in [0.5, 0.6) is 5.75 Å². The van der Waals surface area contributed by atoms with E-state index in [9.17, 15) is 4.79 Å². The van der Waals surface area contributed by atoms with Crippen LogP contribution in [0.25, 0.3) is 0 Å². The number of carbonyl (C=O) groups is 1. The van der Waals surface area contributed by atoms with Gasteiger partial charge in [-0.3, -0.25) is 4.79 Å². The Bertz CT molecular complexity index is 504. The average Bonchev–Trinajstić information content (AvgIpc) is 2.62. The zero-order valence-electron chi connectivity index (χ0n) is 13.4. The molecule has 2 aliphatic heterocycles. The van der Waals surface area contributed by atoms with Gasteiger partial charge in [-0.25, -0.2) is 0 Å². The minimum absolute atomic E-state index is 0.133. The summed E-state index contributed by atoms with van der Waals surface area (Å²) in [6, 6.07) is 8.13. The van der Waals surface area contributed by atoms with Gasteiger partial charge in [-0.05, 0) is 56.3 Å². The van der Waals surface area contributed by atoms with Crippen LogP contribution >= 0.6 is 0 Å². The van der Waals surface area contributed by atoms with Crippen molar-refractivity contribution in [1.82, 2.24) is 10.2 Å². The minimum atomic E-state index is 0.133. The van der Waals surface area contributed by atoms with Crippen molar-refractivity contribution in [3.05, 3.63) is 29.8 Å². The molecule has 22 heavy (non-hydrogen) atoms. The first-order valence-electron chi connectivity index (χ1n) is 8.44. The summed E-state index contributed by atoms with van der Waals surface area (Å²) in [4.78, 5) is 14.6. The maximum Gasteiger partial charge on any atom is 0.253 e. The van der Waals surface area contributed by atoms with E-state index < -0.39 is 0 Å². The summed E-state index contributed by atoms with van der Waals surface area (Å²) in [5, 5.41) is 3.66. The molecule has 1 amide bonds. The van der Waals surface area contributed by atoms with Crippen molar-refractivity contribution in [2.24, 2.45) is 5.92 Å². The fourth-order valence-electron chi connectivity index (χ4n) is 3.72. The normalized spacial score (nSPS) is 23.3. The largest absolute Gasteiger partial charge is 0.497 e. The molecular weight excluding hydrogens is 276 g/mol. The van der Waals surface area contributed by atoms with Crippen molar-refractivity contribution in [3.63, 3.8) is 0 Å². The van der Waals surface area contributed by atoms with E-state index in [-0.39, 0.29) is 5.91 Å². The highest BCUT2D eigenvalue weighted by Gasteiger charge is 2.29. The van der Waals surface area contributed by atoms with Crippen molar-refractivity contribution >= 4 is 5.91 Å². The summed E-state index contributed by atoms with van der Waals surface area (Å²) in [6.45, 7) is 2.91. The molecular formula is C18H26N2O2. The fourth-order valence-corrected chi connectivity index (χ4v) is 3.72. The van der Waals surface area contributed by atoms with Gasteiger partial charge in [0.2, 0.25) is 0 Å². The van der Waals surface area contributed by atoms with E-state index in [0.717, 1.165) is 49.7 Å². The van der Waals surface area contributed by atoms with Gasteiger partial charge >= 0.3 is 0 Å². The van der Waals surface area contributed by atoms with Gasteiger partial charge in [0, 0.05) is 24.7 Å². The quantitative estimate of drug-likeness (QED) is 0.933. The number of methoxy groups -OCH3 is 1. The second-order valence-corrected chi connectivity index (χ2v) is 6.42. The molecule has 0 bridgehead atoms. The van der Waals surface area contributed by atoms with E-state index in [1.165, 1.54) is 19.3 Å². The monoisotopic (exact) mass is 302 g/mol. The lowest BCUT2D eigenvalue weighted by atomic mass is 9.85. The minimum Gasteiger partial charge on any atom is -0.497 e. The summed E-state index contributed by atoms with van der Waals surface area (Å²) in [6.07, 6.45) is 6.19. The van der Waals surface area contributed by atoms with Gasteiger partial charge in [-0.1, -0.05) is 12.5 Å². The number of carbonyl (C=O) groups excluding carboxylic acids is 1. The van der Waals surface area contributed by atoms with Crippen LogP contribution in [0.4, 0.5) is 0 Å². The van der Waals surface area contributed by atoms with Crippen LogP contribution in [-0.4, -0.2) is 43.6 Å². The SMILES string of the molecule is COc1cccc(C(=O)N2CCC(C3CCCCN3)CC2)c1. The molecule has 1 atom stereocenters. The van der Waals surface area contributed by atoms with Crippen molar-refractivity contribution in [3.8, 4) is 5.75 Å². The summed E-state index contributed by atoms with van der Waals surface area (Å²) >= 11 is 0. The van der Waals surface area contributed by atoms with Crippen molar-refractivity contribution in [2.45, 2.75) is 38.1 Å². The maximum absolute atomic E-state index is 12.6. The lowest BCUT2D eigenvalue weighted by Crippen LogP contribution is -2.46. The van der Waals surface area contributed by atoms with Gasteiger partial charge in [-0.15, -0.1) is 0 Å². The summed E-state index contributed by atoms with van der Waals surface area (Å²) in [7, 11) is 1.63. The third-order valence-electron chi connectivity index (χ3n) is 5.06. The van der Waals surface area contributed by atoms with Gasteiger partial charge in [0.25, 0.3) is 5.91 Å². The lowest BCUT2D eigenvalue weighted by molar-refractivity contribution is 0.0662. The van der Waals surface area contributed by atoms with Crippen LogP contribution < -0.4 is 10.1 Å². The maximum atomic E-state index is 12.6. The highest BCUT2D eigenvalue weighted by Crippen LogP contribution is 2.26. The Morgan fingerprint density at radius 1 is 1.23 bits per heavy atom. The third kappa shape index (κ3) is 3.43. The topological polar surface area (TPSA) is 41.6 Å². The molecule has 2 saturated heterocycles. The Morgan fingerprint density at radius 3 is 2.73 bits per heavy atom. The van der Waals surface area contributed by atoms with Crippen LogP contribution in [0.1, 0.15) is 42.5 Å². The number of nitrogens with zero attached hydrogens (tertiary/aromatic N) is 1. The van der Waals surface area contributed by atoms with Crippen LogP contribution in [0.3, 0.4) is 0 Å². The van der Waals surface area contributed by atoms with E-state index in [1.54, 1.807) is 7.11 Å². The van der Waals surface area contributed by atoms with Gasteiger partial charge < -0.3 is 15.0 Å². The first-order valence-corrected chi connectivity index (χ1v) is 8.44. The van der Waals surface area contributed by atoms with Gasteiger partial charge in [0.05, 0.1) is 7.11 Å². The van der Waals surface area contributed by atoms with Gasteiger partial charge in [-0.2, -0.15) is 0 Å². The summed E-state index contributed by atoms with van der Waals surface area (Å²) in [5.74, 6) is 1.61. The molecule has 0 aromatic heterocycles. The highest BCUT2D eigenvalue weighted by molar-refractivity contribution is 5.94. The van der Waals surface area contributed by atoms with Crippen LogP contribution in [-0.2, 0) is 0 Å². The first-order chi connectivity index (χ1) is 10.8. The molecule has 4 heteroatoms. The molecule has 1 N–H and O–H groups in total. The molecule has 2 fully saturated rings. The zero-order chi connectivity index (χ0) is 15.4. The predicted molar refractivity (Wildman–Crippen MR) is 87.3 cm³/mol. The zero-order valence-corrected chi connectivity index (χ0v) is 13.4. The molecule has 0 saturated carbocycles. The number of benzene rings is 1. The van der Waals surface area contributed by atoms with E-state index in [2.05, 4.69) is 5.32 Å². The Labute approximate surface area is 132 Å². The molecule has 1 unspecified atom stereocenters. The highest BCUT2D eigenvalue weighted by atomic mass is 16.5. The molecule has 0 aliphatic carbocycles. The van der Waals surface area contributed by atoms with Gasteiger partial charge in [0.15, 0.2) is 0 Å². The Morgan fingerprint density at radius 2 is 2.05 bits per heavy atom. The molecule has 3 rings (SSSR count). The van der Waals surface area contributed by atoms with Gasteiger partial charge in [0.1, 0.15) is 5.75 Å². The number of hydrogen-bond donors (Lipinski definition) is 1. The Balaban J connectivity index is 1.57. The fraction of sp³-hybridized carbons (Fsp3) is 0.611. The van der Waals surface area contributed by atoms with E-state index >= 15 is 0 Å². The third-order valence-corrected chi connectivity index (χ3v) is 5.06. The number of ether oxygens (including phenoxy) is 1. The number of nitrogens with one attached hydrogen (secondary N) is 1. The number of amides is 1. The van der Waals surface area contributed by atoms with E-state index in [4.69, 9.17) is 4.74 Å². The predicted octanol–water partition coefficient (Wildman–Crippen LogP) is 2.69. The van der Waals surface area contributed by atoms with Crippen molar-refractivity contribution in [1.29, 1.82) is 0 Å². The standard InChI is InChI=1S/C18H26N2O2/c1-22-16-6-4-5-15(13-16)18(21)20-11-8-14(9-12-20)17-7-2-3-10-19-17/h4-6,13-14,17,19H,2-3,7-12H2,1H3. The van der Waals surface area contributed by atoms with Crippen LogP contribution in [0.15, 0.2) is 24.3 Å². The Kier molecular flexibility index (Phi) is 4.98. The second kappa shape index (κ2) is 7.14. The van der Waals surface area contributed by atoms with Crippen LogP contribution in [0, 0.1) is 5.92 Å². The number of likely N-dealkylation sites (tertiary alicyclic amines) is 1. The van der Waals surface area contributed by atoms with E-state index in [1.807, 2.05) is 29.2 Å². The second-order valence-electron chi connectivity index (χ2n) is 6.42. The molecule has 0 radical (unpaired) electrons. The summed E-state index contributed by atoms with van der Waals surface area (Å²) < 4.78 is 5.21. The van der Waals surface area contributed by atoms with Crippen molar-refractivity contribution in [2.75, 3.05) is 26.7 Å². The molecule has 4 nitrogen and oxygen atoms in total. The first kappa shape index (κ1) is 15.3. The molecule has 2 heterocycles. The lowest BCUT2D eigenvalue weighted by Gasteiger charge is -2.38. The number of rotatable bonds is 3. The van der Waals surface area contributed by atoms with Crippen molar-refractivity contribution < 1.29 is 9.53 Å². The smallest absolute Gasteiger partial charge is 0.253 e. The number of piperidine rings is 2. The Hall–Kier alpha value is -1.55. The van der Waals surface area contributed by atoms with Crippen LogP contribution in [0.2, 0.25) is 0 Å². The van der Waals surface area contributed by atoms with E-state index in [0.29, 0.717) is 6.04 Å². The molecule has 1 aromatic rings. The number of hydrogen-bond acceptors (Lipinski definition) is 3. The molecule has 120 valence electrons. The average molecular weight is 302 g/mol. The molecule has 0 spiro atoms.